The summed E-state index contributed by atoms with van der Waals surface area (Å²) in [6, 6.07) is 0. The third-order valence-electron chi connectivity index (χ3n) is 1.94. The first-order chi connectivity index (χ1) is 5.77. The predicted octanol–water partition coefficient (Wildman–Crippen LogP) is 1.25. The number of aromatic nitrogens is 2. The van der Waals surface area contributed by atoms with Gasteiger partial charge in [-0.25, -0.2) is 0 Å². The normalized spacial score (nSPS) is 10.6. The van der Waals surface area contributed by atoms with Crippen LogP contribution in [0.3, 0.4) is 0 Å². The topological polar surface area (TPSA) is 38.0 Å². The molecule has 0 atom stereocenters. The summed E-state index contributed by atoms with van der Waals surface area (Å²) < 4.78 is 1.76. The second-order valence-corrected chi connectivity index (χ2v) is 3.04. The van der Waals surface area contributed by atoms with Crippen molar-refractivity contribution in [1.29, 1.82) is 0 Å². The zero-order chi connectivity index (χ0) is 8.97. The van der Waals surface area contributed by atoms with Gasteiger partial charge in [0.25, 0.3) is 0 Å². The summed E-state index contributed by atoms with van der Waals surface area (Å²) in [5.41, 5.74) is 2.01. The van der Waals surface area contributed by atoms with Gasteiger partial charge in [-0.1, -0.05) is 13.3 Å². The lowest BCUT2D eigenvalue weighted by atomic mass is 10.1. The van der Waals surface area contributed by atoms with Crippen LogP contribution in [0.4, 0.5) is 0 Å². The fraction of sp³-hybridized carbons (Fsp3) is 0.667. The van der Waals surface area contributed by atoms with Gasteiger partial charge in [0.1, 0.15) is 0 Å². The number of nitrogens with zero attached hydrogens (tertiary/aromatic N) is 2. The first-order valence-electron chi connectivity index (χ1n) is 4.40. The van der Waals surface area contributed by atoms with Crippen molar-refractivity contribution >= 4 is 0 Å². The zero-order valence-corrected chi connectivity index (χ0v) is 7.75. The molecule has 3 heteroatoms. The molecule has 0 bridgehead atoms. The molecule has 68 valence electrons. The highest BCUT2D eigenvalue weighted by Gasteiger charge is 2.04. The minimum Gasteiger partial charge on any atom is -0.390 e. The Kier molecular flexibility index (Phi) is 3.29. The fourth-order valence-corrected chi connectivity index (χ4v) is 1.29. The highest BCUT2D eigenvalue weighted by atomic mass is 16.3. The van der Waals surface area contributed by atoms with Crippen molar-refractivity contribution in [3.05, 3.63) is 17.5 Å². The monoisotopic (exact) mass is 168 g/mol. The number of unbranched alkanes of at least 4 members (excludes halogenated alkanes) is 1. The summed E-state index contributed by atoms with van der Waals surface area (Å²) >= 11 is 0. The van der Waals surface area contributed by atoms with E-state index in [1.54, 1.807) is 4.68 Å². The maximum Gasteiger partial charge on any atom is 0.0910 e. The van der Waals surface area contributed by atoms with Crippen molar-refractivity contribution in [1.82, 2.24) is 9.78 Å². The minimum atomic E-state index is 0.0554. The molecule has 12 heavy (non-hydrogen) atoms. The molecule has 1 N–H and O–H groups in total. The fourth-order valence-electron chi connectivity index (χ4n) is 1.29. The van der Waals surface area contributed by atoms with Crippen LogP contribution in [-0.2, 0) is 20.1 Å². The Morgan fingerprint density at radius 3 is 2.92 bits per heavy atom. The van der Waals surface area contributed by atoms with E-state index >= 15 is 0 Å². The molecular weight excluding hydrogens is 152 g/mol. The third-order valence-corrected chi connectivity index (χ3v) is 1.94. The molecule has 0 spiro atoms. The van der Waals surface area contributed by atoms with Crippen LogP contribution in [0.5, 0.6) is 0 Å². The Hall–Kier alpha value is -0.830. The zero-order valence-electron chi connectivity index (χ0n) is 7.75. The van der Waals surface area contributed by atoms with Gasteiger partial charge in [0.2, 0.25) is 0 Å². The van der Waals surface area contributed by atoms with E-state index in [1.165, 1.54) is 18.4 Å². The molecular formula is C9H16N2O. The third kappa shape index (κ3) is 2.08. The van der Waals surface area contributed by atoms with Crippen molar-refractivity contribution in [3.63, 3.8) is 0 Å². The largest absolute Gasteiger partial charge is 0.390 e. The Morgan fingerprint density at radius 1 is 1.58 bits per heavy atom. The van der Waals surface area contributed by atoms with Crippen molar-refractivity contribution < 1.29 is 5.11 Å². The van der Waals surface area contributed by atoms with Gasteiger partial charge in [0.15, 0.2) is 0 Å². The molecule has 1 aromatic rings. The molecule has 1 aromatic heterocycles. The van der Waals surface area contributed by atoms with E-state index in [2.05, 4.69) is 12.0 Å². The van der Waals surface area contributed by atoms with Crippen LogP contribution >= 0.6 is 0 Å². The first kappa shape index (κ1) is 9.26. The molecule has 0 aromatic carbocycles. The highest BCUT2D eigenvalue weighted by molar-refractivity contribution is 5.16. The van der Waals surface area contributed by atoms with Crippen LogP contribution in [0, 0.1) is 0 Å². The van der Waals surface area contributed by atoms with Gasteiger partial charge in [-0.2, -0.15) is 5.10 Å². The van der Waals surface area contributed by atoms with Gasteiger partial charge in [-0.15, -0.1) is 0 Å². The molecule has 0 aliphatic heterocycles. The molecule has 1 rings (SSSR count). The summed E-state index contributed by atoms with van der Waals surface area (Å²) in [6.45, 7) is 2.22. The lowest BCUT2D eigenvalue weighted by Crippen LogP contribution is -1.92. The number of hydrogen-bond donors (Lipinski definition) is 1. The van der Waals surface area contributed by atoms with Gasteiger partial charge in [-0.05, 0) is 18.4 Å². The van der Waals surface area contributed by atoms with E-state index in [4.69, 9.17) is 5.11 Å². The van der Waals surface area contributed by atoms with E-state index < -0.39 is 0 Å². The summed E-state index contributed by atoms with van der Waals surface area (Å²) in [4.78, 5) is 0. The Morgan fingerprint density at radius 2 is 2.33 bits per heavy atom. The van der Waals surface area contributed by atoms with Gasteiger partial charge in [0, 0.05) is 13.2 Å². The van der Waals surface area contributed by atoms with E-state index in [0.29, 0.717) is 0 Å². The average Bonchev–Trinajstić information content (AvgIpc) is 2.42. The molecule has 0 amide bonds. The Balaban J connectivity index is 2.68. The van der Waals surface area contributed by atoms with Crippen LogP contribution in [0.1, 0.15) is 31.0 Å². The molecule has 0 saturated heterocycles. The SMILES string of the molecule is CCCCc1cn(C)nc1CO. The van der Waals surface area contributed by atoms with Crippen molar-refractivity contribution in [2.24, 2.45) is 7.05 Å². The number of aliphatic hydroxyl groups excluding tert-OH is 1. The predicted molar refractivity (Wildman–Crippen MR) is 47.7 cm³/mol. The van der Waals surface area contributed by atoms with E-state index in [-0.39, 0.29) is 6.61 Å². The van der Waals surface area contributed by atoms with Gasteiger partial charge < -0.3 is 5.11 Å². The average molecular weight is 168 g/mol. The molecule has 1 heterocycles. The quantitative estimate of drug-likeness (QED) is 0.735. The molecule has 3 nitrogen and oxygen atoms in total. The molecule has 0 aliphatic carbocycles. The molecule has 0 unspecified atom stereocenters. The number of hydrogen-bond acceptors (Lipinski definition) is 2. The summed E-state index contributed by atoms with van der Waals surface area (Å²) in [5, 5.41) is 13.1. The van der Waals surface area contributed by atoms with Crippen LogP contribution in [0.2, 0.25) is 0 Å². The van der Waals surface area contributed by atoms with Crippen molar-refractivity contribution in [2.45, 2.75) is 32.8 Å². The summed E-state index contributed by atoms with van der Waals surface area (Å²) in [7, 11) is 1.88. The molecule has 0 aliphatic rings. The lowest BCUT2D eigenvalue weighted by Gasteiger charge is -1.96. The second-order valence-electron chi connectivity index (χ2n) is 3.04. The number of rotatable bonds is 4. The van der Waals surface area contributed by atoms with Gasteiger partial charge in [-0.3, -0.25) is 4.68 Å². The minimum absolute atomic E-state index is 0.0554. The molecule has 0 fully saturated rings. The van der Waals surface area contributed by atoms with E-state index in [1.807, 2.05) is 13.2 Å². The maximum absolute atomic E-state index is 8.96. The first-order valence-corrected chi connectivity index (χ1v) is 4.40. The number of aliphatic hydroxyl groups is 1. The second kappa shape index (κ2) is 4.26. The lowest BCUT2D eigenvalue weighted by molar-refractivity contribution is 0.274. The smallest absolute Gasteiger partial charge is 0.0910 e. The molecule has 0 saturated carbocycles. The summed E-state index contributed by atoms with van der Waals surface area (Å²) in [5.74, 6) is 0. The molecule has 0 radical (unpaired) electrons. The Labute approximate surface area is 73.0 Å². The Bertz CT molecular complexity index is 243. The van der Waals surface area contributed by atoms with Crippen molar-refractivity contribution in [2.75, 3.05) is 0 Å². The summed E-state index contributed by atoms with van der Waals surface area (Å²) in [6.07, 6.45) is 5.36. The van der Waals surface area contributed by atoms with Crippen LogP contribution < -0.4 is 0 Å². The van der Waals surface area contributed by atoms with Crippen molar-refractivity contribution in [3.8, 4) is 0 Å². The van der Waals surface area contributed by atoms with Gasteiger partial charge in [0.05, 0.1) is 12.3 Å². The standard InChI is InChI=1S/C9H16N2O/c1-3-4-5-8-6-11(2)10-9(8)7-12/h6,12H,3-5,7H2,1-2H3. The van der Waals surface area contributed by atoms with E-state index in [9.17, 15) is 0 Å². The van der Waals surface area contributed by atoms with Crippen LogP contribution in [0.25, 0.3) is 0 Å². The van der Waals surface area contributed by atoms with Crippen LogP contribution in [0.15, 0.2) is 6.20 Å². The maximum atomic E-state index is 8.96. The van der Waals surface area contributed by atoms with E-state index in [0.717, 1.165) is 12.1 Å². The van der Waals surface area contributed by atoms with Gasteiger partial charge >= 0.3 is 0 Å². The number of aryl methyl sites for hydroxylation is 2. The van der Waals surface area contributed by atoms with Crippen LogP contribution in [-0.4, -0.2) is 14.9 Å². The highest BCUT2D eigenvalue weighted by Crippen LogP contribution is 2.09.